The molecule has 0 spiro atoms. The van der Waals surface area contributed by atoms with Crippen molar-refractivity contribution in [2.24, 2.45) is 0 Å². The Morgan fingerprint density at radius 1 is 0.882 bits per heavy atom. The third-order valence-corrected chi connectivity index (χ3v) is 12.0. The maximum Gasteiger partial charge on any atom is 0.261 e. The molecule has 0 aromatic heterocycles. The van der Waals surface area contributed by atoms with Gasteiger partial charge in [-0.15, -0.1) is 0 Å². The zero-order chi connectivity index (χ0) is 24.8. The molecule has 0 amide bonds. The fourth-order valence-corrected chi connectivity index (χ4v) is 10.1. The summed E-state index contributed by atoms with van der Waals surface area (Å²) in [5.74, 6) is -0.601. The highest BCUT2D eigenvalue weighted by molar-refractivity contribution is 6.99. The summed E-state index contributed by atoms with van der Waals surface area (Å²) in [6.45, 7) is 13.1. The van der Waals surface area contributed by atoms with Crippen molar-refractivity contribution in [3.8, 4) is 0 Å². The van der Waals surface area contributed by atoms with Crippen LogP contribution in [0.1, 0.15) is 73.6 Å². The lowest BCUT2D eigenvalue weighted by atomic mass is 10.0. The highest BCUT2D eigenvalue weighted by Gasteiger charge is 2.50. The molecule has 0 bridgehead atoms. The van der Waals surface area contributed by atoms with Crippen molar-refractivity contribution in [1.29, 1.82) is 0 Å². The molecule has 2 aromatic rings. The van der Waals surface area contributed by atoms with Gasteiger partial charge in [0.1, 0.15) is 6.10 Å². The molecular weight excluding hydrogens is 440 g/mol. The lowest BCUT2D eigenvalue weighted by molar-refractivity contribution is -0.149. The molecule has 1 saturated heterocycles. The summed E-state index contributed by atoms with van der Waals surface area (Å²) in [5.41, 5.74) is 0. The van der Waals surface area contributed by atoms with Gasteiger partial charge in [-0.05, 0) is 49.0 Å². The second-order valence-corrected chi connectivity index (χ2v) is 15.4. The topological polar surface area (TPSA) is 47.9 Å². The molecule has 0 aliphatic carbocycles. The van der Waals surface area contributed by atoms with E-state index in [0.717, 1.165) is 32.1 Å². The summed E-state index contributed by atoms with van der Waals surface area (Å²) in [4.78, 5) is 0. The van der Waals surface area contributed by atoms with Gasteiger partial charge >= 0.3 is 0 Å². The van der Waals surface area contributed by atoms with Crippen LogP contribution in [0.15, 0.2) is 60.7 Å². The van der Waals surface area contributed by atoms with E-state index in [4.69, 9.17) is 13.9 Å². The lowest BCUT2D eigenvalue weighted by Gasteiger charge is -2.44. The van der Waals surface area contributed by atoms with Crippen molar-refractivity contribution in [3.63, 3.8) is 0 Å². The minimum absolute atomic E-state index is 0.00408. The molecule has 1 fully saturated rings. The third-order valence-electron chi connectivity index (χ3n) is 6.86. The van der Waals surface area contributed by atoms with Crippen molar-refractivity contribution >= 4 is 18.7 Å². The van der Waals surface area contributed by atoms with Crippen LogP contribution in [-0.2, 0) is 13.9 Å². The van der Waals surface area contributed by atoms with E-state index >= 15 is 0 Å². The van der Waals surface area contributed by atoms with Crippen LogP contribution in [0.5, 0.6) is 0 Å². The standard InChI is InChI=1S/C29H44O4Si/c1-23(16-10-7-15-21-26-27(22-30)32-29(5,6)31-26)33-34(28(2,3)4,24-17-11-8-12-18-24)25-19-13-9-14-20-25/h8-9,11-14,17-20,23,26-27,30H,7,10,15-16,21-22H2,1-6H3/t23-,26+,27-/m0/s1. The molecule has 0 saturated carbocycles. The molecule has 3 rings (SSSR count). The minimum atomic E-state index is -2.50. The number of benzene rings is 2. The molecule has 3 atom stereocenters. The fraction of sp³-hybridized carbons (Fsp3) is 0.586. The zero-order valence-electron chi connectivity index (χ0n) is 21.9. The summed E-state index contributed by atoms with van der Waals surface area (Å²) < 4.78 is 18.9. The monoisotopic (exact) mass is 484 g/mol. The first kappa shape index (κ1) is 27.1. The Labute approximate surface area is 207 Å². The minimum Gasteiger partial charge on any atom is -0.405 e. The summed E-state index contributed by atoms with van der Waals surface area (Å²) in [6.07, 6.45) is 5.17. The second kappa shape index (κ2) is 11.5. The normalized spacial score (nSPS) is 21.5. The predicted octanol–water partition coefficient (Wildman–Crippen LogP) is 5.41. The molecular formula is C29H44O4Si. The van der Waals surface area contributed by atoms with Crippen LogP contribution in [0.25, 0.3) is 0 Å². The maximum atomic E-state index is 9.59. The van der Waals surface area contributed by atoms with Crippen molar-refractivity contribution < 1.29 is 19.0 Å². The molecule has 5 heteroatoms. The van der Waals surface area contributed by atoms with Crippen molar-refractivity contribution in [2.45, 2.75) is 103 Å². The first-order valence-electron chi connectivity index (χ1n) is 12.8. The SMILES string of the molecule is C[C@@H](CCCCC[C@H]1OC(C)(C)O[C@H]1CO)O[Si](c1ccccc1)(c1ccccc1)C(C)(C)C. The van der Waals surface area contributed by atoms with Crippen molar-refractivity contribution in [3.05, 3.63) is 60.7 Å². The number of hydrogen-bond donors (Lipinski definition) is 1. The van der Waals surface area contributed by atoms with Gasteiger partial charge in [-0.1, -0.05) is 101 Å². The summed E-state index contributed by atoms with van der Waals surface area (Å²) in [7, 11) is -2.50. The molecule has 0 unspecified atom stereocenters. The summed E-state index contributed by atoms with van der Waals surface area (Å²) >= 11 is 0. The fourth-order valence-electron chi connectivity index (χ4n) is 5.31. The Kier molecular flexibility index (Phi) is 9.15. The number of hydrogen-bond acceptors (Lipinski definition) is 4. The molecule has 1 aliphatic heterocycles. The lowest BCUT2D eigenvalue weighted by Crippen LogP contribution is -2.67. The third kappa shape index (κ3) is 6.38. The van der Waals surface area contributed by atoms with Gasteiger partial charge in [-0.3, -0.25) is 0 Å². The Hall–Kier alpha value is -1.50. The van der Waals surface area contributed by atoms with Crippen LogP contribution < -0.4 is 10.4 Å². The van der Waals surface area contributed by atoms with E-state index in [0.29, 0.717) is 0 Å². The van der Waals surface area contributed by atoms with Crippen molar-refractivity contribution in [2.75, 3.05) is 6.61 Å². The molecule has 2 aromatic carbocycles. The summed E-state index contributed by atoms with van der Waals surface area (Å²) in [6, 6.07) is 21.7. The molecule has 1 aliphatic rings. The van der Waals surface area contributed by atoms with E-state index in [1.54, 1.807) is 0 Å². The predicted molar refractivity (Wildman–Crippen MR) is 142 cm³/mol. The Morgan fingerprint density at radius 2 is 1.41 bits per heavy atom. The zero-order valence-corrected chi connectivity index (χ0v) is 22.9. The first-order valence-corrected chi connectivity index (χ1v) is 14.8. The number of ether oxygens (including phenoxy) is 2. The average Bonchev–Trinajstić information content (AvgIpc) is 3.11. The highest BCUT2D eigenvalue weighted by Crippen LogP contribution is 2.38. The van der Waals surface area contributed by atoms with Gasteiger partial charge in [0.05, 0.1) is 12.7 Å². The van der Waals surface area contributed by atoms with Gasteiger partial charge in [-0.25, -0.2) is 0 Å². The Balaban J connectivity index is 1.64. The van der Waals surface area contributed by atoms with Gasteiger partial charge in [0.2, 0.25) is 0 Å². The van der Waals surface area contributed by atoms with Crippen LogP contribution in [-0.4, -0.2) is 44.1 Å². The van der Waals surface area contributed by atoms with Crippen LogP contribution in [0.2, 0.25) is 5.04 Å². The van der Waals surface area contributed by atoms with E-state index < -0.39 is 14.1 Å². The van der Waals surface area contributed by atoms with Gasteiger partial charge in [0.25, 0.3) is 8.32 Å². The molecule has 1 N–H and O–H groups in total. The number of aliphatic hydroxyl groups excluding tert-OH is 1. The Bertz CT molecular complexity index is 823. The molecule has 188 valence electrons. The smallest absolute Gasteiger partial charge is 0.261 e. The van der Waals surface area contributed by atoms with E-state index in [9.17, 15) is 5.11 Å². The number of rotatable bonds is 11. The molecule has 4 nitrogen and oxygen atoms in total. The maximum absolute atomic E-state index is 9.59. The van der Waals surface area contributed by atoms with Gasteiger partial charge in [0.15, 0.2) is 5.79 Å². The summed E-state index contributed by atoms with van der Waals surface area (Å²) in [5, 5.41) is 12.2. The average molecular weight is 485 g/mol. The van der Waals surface area contributed by atoms with E-state index in [1.165, 1.54) is 10.4 Å². The van der Waals surface area contributed by atoms with Crippen LogP contribution in [0.4, 0.5) is 0 Å². The first-order chi connectivity index (χ1) is 16.1. The number of aliphatic hydroxyl groups is 1. The molecule has 34 heavy (non-hydrogen) atoms. The van der Waals surface area contributed by atoms with E-state index in [-0.39, 0.29) is 30.0 Å². The van der Waals surface area contributed by atoms with Crippen LogP contribution in [0, 0.1) is 0 Å². The van der Waals surface area contributed by atoms with Gasteiger partial charge in [-0.2, -0.15) is 0 Å². The molecule has 0 radical (unpaired) electrons. The second-order valence-electron chi connectivity index (χ2n) is 11.1. The van der Waals surface area contributed by atoms with Crippen LogP contribution in [0.3, 0.4) is 0 Å². The molecule has 1 heterocycles. The Morgan fingerprint density at radius 3 is 1.91 bits per heavy atom. The van der Waals surface area contributed by atoms with Gasteiger partial charge in [0, 0.05) is 6.10 Å². The van der Waals surface area contributed by atoms with E-state index in [2.05, 4.69) is 88.4 Å². The largest absolute Gasteiger partial charge is 0.405 e. The van der Waals surface area contributed by atoms with Crippen LogP contribution >= 0.6 is 0 Å². The quantitative estimate of drug-likeness (QED) is 0.342. The number of unbranched alkanes of at least 4 members (excludes halogenated alkanes) is 2. The van der Waals surface area contributed by atoms with E-state index in [1.807, 2.05) is 13.8 Å². The van der Waals surface area contributed by atoms with Gasteiger partial charge < -0.3 is 19.0 Å². The highest BCUT2D eigenvalue weighted by atomic mass is 28.4. The van der Waals surface area contributed by atoms with Crippen molar-refractivity contribution in [1.82, 2.24) is 0 Å².